The van der Waals surface area contributed by atoms with Gasteiger partial charge in [0.1, 0.15) is 5.76 Å². The predicted octanol–water partition coefficient (Wildman–Crippen LogP) is 4.74. The molecular formula is C19H16O2. The Bertz CT molecular complexity index is 740. The van der Waals surface area contributed by atoms with Crippen LogP contribution in [0, 0.1) is 0 Å². The minimum atomic E-state index is -0.0764. The molecule has 0 bridgehead atoms. The SMILES string of the molecule is CCc1cc(C(=O)c2ccccc2)oc1-c1ccccc1. The number of ketones is 1. The lowest BCUT2D eigenvalue weighted by atomic mass is 10.1. The van der Waals surface area contributed by atoms with E-state index in [9.17, 15) is 4.79 Å². The molecule has 2 aromatic carbocycles. The summed E-state index contributed by atoms with van der Waals surface area (Å²) < 4.78 is 5.86. The molecule has 1 aromatic heterocycles. The molecule has 3 rings (SSSR count). The molecule has 0 aliphatic rings. The molecule has 0 spiro atoms. The highest BCUT2D eigenvalue weighted by Crippen LogP contribution is 2.28. The molecule has 0 aliphatic carbocycles. The fourth-order valence-corrected chi connectivity index (χ4v) is 2.37. The first-order chi connectivity index (χ1) is 10.3. The van der Waals surface area contributed by atoms with Gasteiger partial charge in [-0.15, -0.1) is 0 Å². The molecule has 2 heteroatoms. The van der Waals surface area contributed by atoms with Gasteiger partial charge < -0.3 is 4.42 Å². The number of hydrogen-bond donors (Lipinski definition) is 0. The molecular weight excluding hydrogens is 260 g/mol. The first kappa shape index (κ1) is 13.4. The second-order valence-corrected chi connectivity index (χ2v) is 4.88. The van der Waals surface area contributed by atoms with E-state index in [1.165, 1.54) is 0 Å². The maximum Gasteiger partial charge on any atom is 0.228 e. The summed E-state index contributed by atoms with van der Waals surface area (Å²) in [6, 6.07) is 21.0. The van der Waals surface area contributed by atoms with Gasteiger partial charge in [-0.2, -0.15) is 0 Å². The smallest absolute Gasteiger partial charge is 0.228 e. The molecule has 104 valence electrons. The van der Waals surface area contributed by atoms with Gasteiger partial charge in [0.2, 0.25) is 5.78 Å². The Hall–Kier alpha value is -2.61. The highest BCUT2D eigenvalue weighted by molar-refractivity contribution is 6.07. The van der Waals surface area contributed by atoms with Crippen LogP contribution in [0.15, 0.2) is 71.1 Å². The molecule has 0 N–H and O–H groups in total. The molecule has 2 nitrogen and oxygen atoms in total. The van der Waals surface area contributed by atoms with Crippen molar-refractivity contribution in [2.75, 3.05) is 0 Å². The van der Waals surface area contributed by atoms with Crippen LogP contribution in [0.1, 0.15) is 28.6 Å². The van der Waals surface area contributed by atoms with Crippen molar-refractivity contribution in [1.29, 1.82) is 0 Å². The van der Waals surface area contributed by atoms with E-state index in [-0.39, 0.29) is 5.78 Å². The fourth-order valence-electron chi connectivity index (χ4n) is 2.37. The Kier molecular flexibility index (Phi) is 3.69. The fraction of sp³-hybridized carbons (Fsp3) is 0.105. The molecule has 0 aliphatic heterocycles. The van der Waals surface area contributed by atoms with Gasteiger partial charge in [-0.3, -0.25) is 4.79 Å². The van der Waals surface area contributed by atoms with Crippen LogP contribution in [0.5, 0.6) is 0 Å². The summed E-state index contributed by atoms with van der Waals surface area (Å²) in [5.74, 6) is 1.11. The van der Waals surface area contributed by atoms with Gasteiger partial charge in [0, 0.05) is 11.1 Å². The van der Waals surface area contributed by atoms with Crippen molar-refractivity contribution in [3.05, 3.63) is 83.6 Å². The van der Waals surface area contributed by atoms with E-state index in [2.05, 4.69) is 6.92 Å². The summed E-state index contributed by atoms with van der Waals surface area (Å²) in [7, 11) is 0. The van der Waals surface area contributed by atoms with Crippen LogP contribution in [0.4, 0.5) is 0 Å². The van der Waals surface area contributed by atoms with E-state index in [0.29, 0.717) is 11.3 Å². The second kappa shape index (κ2) is 5.80. The molecule has 0 saturated carbocycles. The number of benzene rings is 2. The van der Waals surface area contributed by atoms with Crippen molar-refractivity contribution in [1.82, 2.24) is 0 Å². The van der Waals surface area contributed by atoms with Crippen molar-refractivity contribution in [3.8, 4) is 11.3 Å². The van der Waals surface area contributed by atoms with Gasteiger partial charge in [0.15, 0.2) is 5.76 Å². The van der Waals surface area contributed by atoms with Crippen LogP contribution >= 0.6 is 0 Å². The lowest BCUT2D eigenvalue weighted by molar-refractivity contribution is 0.101. The average molecular weight is 276 g/mol. The second-order valence-electron chi connectivity index (χ2n) is 4.88. The van der Waals surface area contributed by atoms with Crippen LogP contribution in [-0.4, -0.2) is 5.78 Å². The quantitative estimate of drug-likeness (QED) is 0.644. The number of carbonyl (C=O) groups is 1. The monoisotopic (exact) mass is 276 g/mol. The summed E-state index contributed by atoms with van der Waals surface area (Å²) in [6.45, 7) is 2.06. The maximum atomic E-state index is 12.5. The number of furan rings is 1. The molecule has 0 saturated heterocycles. The standard InChI is InChI=1S/C19H16O2/c1-2-14-13-17(18(20)15-9-5-3-6-10-15)21-19(14)16-11-7-4-8-12-16/h3-13H,2H2,1H3. The maximum absolute atomic E-state index is 12.5. The van der Waals surface area contributed by atoms with Crippen LogP contribution in [0.3, 0.4) is 0 Å². The van der Waals surface area contributed by atoms with Crippen molar-refractivity contribution < 1.29 is 9.21 Å². The molecule has 3 aromatic rings. The summed E-state index contributed by atoms with van der Waals surface area (Å²) in [5, 5.41) is 0. The van der Waals surface area contributed by atoms with Gasteiger partial charge in [-0.25, -0.2) is 0 Å². The van der Waals surface area contributed by atoms with Crippen molar-refractivity contribution in [2.24, 2.45) is 0 Å². The third-order valence-corrected chi connectivity index (χ3v) is 3.49. The molecule has 0 atom stereocenters. The molecule has 21 heavy (non-hydrogen) atoms. The predicted molar refractivity (Wildman–Crippen MR) is 83.4 cm³/mol. The molecule has 0 fully saturated rings. The van der Waals surface area contributed by atoms with Gasteiger partial charge in [-0.05, 0) is 18.1 Å². The van der Waals surface area contributed by atoms with Gasteiger partial charge in [-0.1, -0.05) is 67.6 Å². The Morgan fingerprint density at radius 1 is 0.952 bits per heavy atom. The first-order valence-electron chi connectivity index (χ1n) is 7.07. The number of carbonyl (C=O) groups excluding carboxylic acids is 1. The van der Waals surface area contributed by atoms with Crippen LogP contribution in [0.2, 0.25) is 0 Å². The van der Waals surface area contributed by atoms with E-state index < -0.39 is 0 Å². The van der Waals surface area contributed by atoms with Gasteiger partial charge >= 0.3 is 0 Å². The van der Waals surface area contributed by atoms with Crippen molar-refractivity contribution in [2.45, 2.75) is 13.3 Å². The van der Waals surface area contributed by atoms with E-state index >= 15 is 0 Å². The van der Waals surface area contributed by atoms with E-state index in [4.69, 9.17) is 4.42 Å². The number of aryl methyl sites for hydroxylation is 1. The lowest BCUT2D eigenvalue weighted by Crippen LogP contribution is -1.98. The third kappa shape index (κ3) is 2.65. The third-order valence-electron chi connectivity index (χ3n) is 3.49. The zero-order chi connectivity index (χ0) is 14.7. The highest BCUT2D eigenvalue weighted by Gasteiger charge is 2.18. The summed E-state index contributed by atoms with van der Waals surface area (Å²) in [6.07, 6.45) is 0.829. The number of hydrogen-bond acceptors (Lipinski definition) is 2. The molecule has 0 unspecified atom stereocenters. The number of rotatable bonds is 4. The zero-order valence-corrected chi connectivity index (χ0v) is 11.9. The minimum absolute atomic E-state index is 0.0764. The van der Waals surface area contributed by atoms with Crippen LogP contribution < -0.4 is 0 Å². The largest absolute Gasteiger partial charge is 0.452 e. The van der Waals surface area contributed by atoms with Gasteiger partial charge in [0.05, 0.1) is 0 Å². The molecule has 1 heterocycles. The summed E-state index contributed by atoms with van der Waals surface area (Å²) in [4.78, 5) is 12.5. The Labute approximate surface area is 124 Å². The van der Waals surface area contributed by atoms with Crippen molar-refractivity contribution >= 4 is 5.78 Å². The Balaban J connectivity index is 2.02. The first-order valence-corrected chi connectivity index (χ1v) is 7.07. The van der Waals surface area contributed by atoms with Crippen molar-refractivity contribution in [3.63, 3.8) is 0 Å². The zero-order valence-electron chi connectivity index (χ0n) is 11.9. The summed E-state index contributed by atoms with van der Waals surface area (Å²) in [5.41, 5.74) is 2.70. The van der Waals surface area contributed by atoms with E-state index in [1.54, 1.807) is 12.1 Å². The molecule has 0 amide bonds. The minimum Gasteiger partial charge on any atom is -0.452 e. The van der Waals surface area contributed by atoms with E-state index in [1.807, 2.05) is 54.6 Å². The lowest BCUT2D eigenvalue weighted by Gasteiger charge is -1.99. The van der Waals surface area contributed by atoms with Gasteiger partial charge in [0.25, 0.3) is 0 Å². The summed E-state index contributed by atoms with van der Waals surface area (Å²) >= 11 is 0. The highest BCUT2D eigenvalue weighted by atomic mass is 16.3. The van der Waals surface area contributed by atoms with E-state index in [0.717, 1.165) is 23.3 Å². The van der Waals surface area contributed by atoms with Crippen LogP contribution in [0.25, 0.3) is 11.3 Å². The average Bonchev–Trinajstić information content (AvgIpc) is 3.00. The Morgan fingerprint density at radius 2 is 1.57 bits per heavy atom. The molecule has 0 radical (unpaired) electrons. The Morgan fingerprint density at radius 3 is 2.19 bits per heavy atom. The normalized spacial score (nSPS) is 10.5. The topological polar surface area (TPSA) is 30.2 Å². The van der Waals surface area contributed by atoms with Crippen LogP contribution in [-0.2, 0) is 6.42 Å².